The van der Waals surface area contributed by atoms with Crippen molar-refractivity contribution >= 4 is 5.97 Å². The molecule has 0 bridgehead atoms. The van der Waals surface area contributed by atoms with E-state index in [9.17, 15) is 4.79 Å². The highest BCUT2D eigenvalue weighted by Crippen LogP contribution is 2.36. The van der Waals surface area contributed by atoms with E-state index in [1.807, 2.05) is 20.8 Å². The quantitative estimate of drug-likeness (QED) is 0.334. The second-order valence-electron chi connectivity index (χ2n) is 9.84. The SMILES string of the molecule is CC/C=C\CC(CC)c1c(C)cccc1CC1CCCC(C(=O)OC(C)(C)C)C1. The van der Waals surface area contributed by atoms with E-state index in [1.54, 1.807) is 5.56 Å². The summed E-state index contributed by atoms with van der Waals surface area (Å²) in [7, 11) is 0. The summed E-state index contributed by atoms with van der Waals surface area (Å²) in [5.74, 6) is 1.23. The number of ether oxygens (including phenoxy) is 1. The van der Waals surface area contributed by atoms with Gasteiger partial charge in [-0.2, -0.15) is 0 Å². The van der Waals surface area contributed by atoms with Gasteiger partial charge in [0.05, 0.1) is 5.92 Å². The first-order valence-electron chi connectivity index (χ1n) is 11.7. The summed E-state index contributed by atoms with van der Waals surface area (Å²) in [6, 6.07) is 6.79. The lowest BCUT2D eigenvalue weighted by Crippen LogP contribution is -2.32. The molecule has 2 rings (SSSR count). The lowest BCUT2D eigenvalue weighted by Gasteiger charge is -2.31. The van der Waals surface area contributed by atoms with Crippen LogP contribution in [0.1, 0.15) is 102 Å². The molecular formula is C27H42O2. The third kappa shape index (κ3) is 7.32. The van der Waals surface area contributed by atoms with Crippen molar-refractivity contribution in [2.45, 2.75) is 104 Å². The van der Waals surface area contributed by atoms with Crippen LogP contribution in [0.4, 0.5) is 0 Å². The first kappa shape index (κ1) is 23.7. The van der Waals surface area contributed by atoms with E-state index in [0.29, 0.717) is 11.8 Å². The van der Waals surface area contributed by atoms with Crippen LogP contribution in [-0.2, 0) is 16.0 Å². The Hall–Kier alpha value is -1.57. The van der Waals surface area contributed by atoms with E-state index in [2.05, 4.69) is 51.1 Å². The summed E-state index contributed by atoms with van der Waals surface area (Å²) >= 11 is 0. The van der Waals surface area contributed by atoms with Gasteiger partial charge in [-0.1, -0.05) is 57.0 Å². The fraction of sp³-hybridized carbons (Fsp3) is 0.667. The highest BCUT2D eigenvalue weighted by atomic mass is 16.6. The molecule has 0 radical (unpaired) electrons. The predicted octanol–water partition coefficient (Wildman–Crippen LogP) is 7.54. The van der Waals surface area contributed by atoms with E-state index >= 15 is 0 Å². The minimum absolute atomic E-state index is 0.00260. The lowest BCUT2D eigenvalue weighted by molar-refractivity contribution is -0.161. The predicted molar refractivity (Wildman–Crippen MR) is 123 cm³/mol. The Bertz CT molecular complexity index is 680. The molecule has 1 fully saturated rings. The number of hydrogen-bond donors (Lipinski definition) is 0. The van der Waals surface area contributed by atoms with Crippen LogP contribution in [0, 0.1) is 18.8 Å². The van der Waals surface area contributed by atoms with E-state index in [1.165, 1.54) is 17.5 Å². The summed E-state index contributed by atoms with van der Waals surface area (Å²) < 4.78 is 5.68. The first-order chi connectivity index (χ1) is 13.7. The zero-order valence-corrected chi connectivity index (χ0v) is 19.6. The molecule has 0 heterocycles. The maximum atomic E-state index is 12.6. The molecule has 1 saturated carbocycles. The molecule has 0 spiro atoms. The zero-order valence-electron chi connectivity index (χ0n) is 19.6. The fourth-order valence-electron chi connectivity index (χ4n) is 4.81. The molecule has 0 aliphatic heterocycles. The average Bonchev–Trinajstić information content (AvgIpc) is 2.65. The van der Waals surface area contributed by atoms with Crippen molar-refractivity contribution in [1.29, 1.82) is 0 Å². The van der Waals surface area contributed by atoms with Crippen molar-refractivity contribution in [3.63, 3.8) is 0 Å². The number of benzene rings is 1. The van der Waals surface area contributed by atoms with Crippen LogP contribution in [0.5, 0.6) is 0 Å². The molecule has 2 nitrogen and oxygen atoms in total. The third-order valence-corrected chi connectivity index (χ3v) is 6.17. The molecule has 1 aliphatic carbocycles. The van der Waals surface area contributed by atoms with Crippen molar-refractivity contribution < 1.29 is 9.53 Å². The van der Waals surface area contributed by atoms with Gasteiger partial charge in [0.25, 0.3) is 0 Å². The number of carbonyl (C=O) groups excluding carboxylic acids is 1. The molecule has 0 N–H and O–H groups in total. The Labute approximate surface area is 179 Å². The molecule has 1 aliphatic rings. The van der Waals surface area contributed by atoms with Gasteiger partial charge in [-0.25, -0.2) is 0 Å². The van der Waals surface area contributed by atoms with Crippen molar-refractivity contribution in [3.05, 3.63) is 47.0 Å². The summed E-state index contributed by atoms with van der Waals surface area (Å²) in [5.41, 5.74) is 4.07. The van der Waals surface area contributed by atoms with Gasteiger partial charge in [-0.05, 0) is 94.7 Å². The van der Waals surface area contributed by atoms with Crippen LogP contribution in [-0.4, -0.2) is 11.6 Å². The molecule has 162 valence electrons. The highest BCUT2D eigenvalue weighted by molar-refractivity contribution is 5.73. The van der Waals surface area contributed by atoms with Crippen molar-refractivity contribution in [1.82, 2.24) is 0 Å². The summed E-state index contributed by atoms with van der Waals surface area (Å²) in [6.45, 7) is 12.6. The minimum atomic E-state index is -0.395. The molecule has 1 aromatic carbocycles. The maximum Gasteiger partial charge on any atom is 0.309 e. The number of hydrogen-bond acceptors (Lipinski definition) is 2. The molecule has 0 saturated heterocycles. The first-order valence-corrected chi connectivity index (χ1v) is 11.7. The molecule has 3 unspecified atom stereocenters. The van der Waals surface area contributed by atoms with Crippen LogP contribution in [0.2, 0.25) is 0 Å². The molecule has 29 heavy (non-hydrogen) atoms. The summed E-state index contributed by atoms with van der Waals surface area (Å²) in [4.78, 5) is 12.6. The number of carbonyl (C=O) groups is 1. The van der Waals surface area contributed by atoms with E-state index in [-0.39, 0.29) is 11.9 Å². The van der Waals surface area contributed by atoms with Crippen LogP contribution in [0.25, 0.3) is 0 Å². The van der Waals surface area contributed by atoms with Gasteiger partial charge in [0, 0.05) is 0 Å². The smallest absolute Gasteiger partial charge is 0.309 e. The standard InChI is InChI=1S/C27H42O2/c1-7-9-10-15-22(8-2)25-20(3)13-11-16-23(25)18-21-14-12-17-24(19-21)26(28)29-27(4,5)6/h9-11,13,16,21-22,24H,7-8,12,14-15,17-19H2,1-6H3/b10-9-. The monoisotopic (exact) mass is 398 g/mol. The van der Waals surface area contributed by atoms with Crippen molar-refractivity contribution in [2.24, 2.45) is 11.8 Å². The van der Waals surface area contributed by atoms with Crippen LogP contribution in [0.15, 0.2) is 30.4 Å². The molecular weight excluding hydrogens is 356 g/mol. The normalized spacial score (nSPS) is 21.3. The molecule has 0 amide bonds. The van der Waals surface area contributed by atoms with Gasteiger partial charge in [0.2, 0.25) is 0 Å². The molecule has 1 aromatic rings. The minimum Gasteiger partial charge on any atom is -0.460 e. The Morgan fingerprint density at radius 3 is 2.62 bits per heavy atom. The molecule has 2 heteroatoms. The fourth-order valence-corrected chi connectivity index (χ4v) is 4.81. The molecule has 3 atom stereocenters. The Kier molecular flexibility index (Phi) is 8.99. The van der Waals surface area contributed by atoms with E-state index in [0.717, 1.165) is 44.9 Å². The Balaban J connectivity index is 2.14. The van der Waals surface area contributed by atoms with Gasteiger partial charge < -0.3 is 4.74 Å². The Morgan fingerprint density at radius 1 is 1.21 bits per heavy atom. The third-order valence-electron chi connectivity index (χ3n) is 6.17. The number of esters is 1. The topological polar surface area (TPSA) is 26.3 Å². The Morgan fingerprint density at radius 2 is 1.97 bits per heavy atom. The van der Waals surface area contributed by atoms with Crippen LogP contribution >= 0.6 is 0 Å². The van der Waals surface area contributed by atoms with Crippen LogP contribution in [0.3, 0.4) is 0 Å². The van der Waals surface area contributed by atoms with Gasteiger partial charge >= 0.3 is 5.97 Å². The zero-order chi connectivity index (χ0) is 21.4. The highest BCUT2D eigenvalue weighted by Gasteiger charge is 2.31. The van der Waals surface area contributed by atoms with Gasteiger partial charge in [0.1, 0.15) is 5.60 Å². The van der Waals surface area contributed by atoms with E-state index in [4.69, 9.17) is 4.74 Å². The lowest BCUT2D eigenvalue weighted by atomic mass is 9.76. The van der Waals surface area contributed by atoms with Gasteiger partial charge in [-0.15, -0.1) is 0 Å². The number of allylic oxidation sites excluding steroid dienone is 2. The van der Waals surface area contributed by atoms with Gasteiger partial charge in [0.15, 0.2) is 0 Å². The number of rotatable bonds is 8. The molecule has 0 aromatic heterocycles. The summed E-state index contributed by atoms with van der Waals surface area (Å²) in [6.07, 6.45) is 13.4. The number of aryl methyl sites for hydroxylation is 1. The van der Waals surface area contributed by atoms with Crippen LogP contribution < -0.4 is 0 Å². The average molecular weight is 399 g/mol. The maximum absolute atomic E-state index is 12.6. The van der Waals surface area contributed by atoms with Crippen molar-refractivity contribution in [3.8, 4) is 0 Å². The van der Waals surface area contributed by atoms with Crippen molar-refractivity contribution in [2.75, 3.05) is 0 Å². The second kappa shape index (κ2) is 11.0. The van der Waals surface area contributed by atoms with Gasteiger partial charge in [-0.3, -0.25) is 4.79 Å². The second-order valence-corrected chi connectivity index (χ2v) is 9.84. The van der Waals surface area contributed by atoms with E-state index < -0.39 is 5.60 Å². The largest absolute Gasteiger partial charge is 0.460 e. The summed E-state index contributed by atoms with van der Waals surface area (Å²) in [5, 5.41) is 0.